The molecule has 1 N–H and O–H groups in total. The van der Waals surface area contributed by atoms with Gasteiger partial charge in [-0.3, -0.25) is 14.5 Å². The maximum absolute atomic E-state index is 12.8. The summed E-state index contributed by atoms with van der Waals surface area (Å²) < 4.78 is 6.22. The maximum Gasteiger partial charge on any atom is 0.238 e. The number of rotatable bonds is 5. The van der Waals surface area contributed by atoms with E-state index in [1.807, 2.05) is 43.3 Å². The van der Waals surface area contributed by atoms with Crippen LogP contribution in [-0.2, 0) is 9.59 Å². The smallest absolute Gasteiger partial charge is 0.238 e. The predicted octanol–water partition coefficient (Wildman–Crippen LogP) is 4.44. The van der Waals surface area contributed by atoms with Crippen LogP contribution in [0.1, 0.15) is 13.3 Å². The largest absolute Gasteiger partial charge is 0.495 e. The molecular formula is C20H20BrN3O3S. The van der Waals surface area contributed by atoms with E-state index in [1.54, 1.807) is 24.1 Å². The van der Waals surface area contributed by atoms with E-state index in [0.29, 0.717) is 23.1 Å². The van der Waals surface area contributed by atoms with Crippen molar-refractivity contribution in [1.82, 2.24) is 4.90 Å². The Morgan fingerprint density at radius 3 is 2.68 bits per heavy atom. The fourth-order valence-electron chi connectivity index (χ4n) is 2.74. The highest BCUT2D eigenvalue weighted by Crippen LogP contribution is 2.31. The number of amidine groups is 1. The third-order valence-electron chi connectivity index (χ3n) is 4.16. The van der Waals surface area contributed by atoms with E-state index in [4.69, 9.17) is 4.74 Å². The minimum atomic E-state index is -0.561. The second-order valence-electron chi connectivity index (χ2n) is 6.01. The number of anilines is 1. The molecule has 1 aliphatic rings. The van der Waals surface area contributed by atoms with Crippen LogP contribution in [0.25, 0.3) is 0 Å². The van der Waals surface area contributed by atoms with Crippen LogP contribution in [-0.4, -0.2) is 40.8 Å². The number of halogens is 1. The van der Waals surface area contributed by atoms with Crippen molar-refractivity contribution in [3.63, 3.8) is 0 Å². The molecule has 2 amide bonds. The first-order chi connectivity index (χ1) is 13.5. The van der Waals surface area contributed by atoms with Gasteiger partial charge in [0.25, 0.3) is 0 Å². The molecule has 146 valence electrons. The van der Waals surface area contributed by atoms with E-state index >= 15 is 0 Å². The van der Waals surface area contributed by atoms with Crippen LogP contribution < -0.4 is 10.1 Å². The Bertz CT molecular complexity index is 902. The van der Waals surface area contributed by atoms with E-state index in [-0.39, 0.29) is 18.2 Å². The summed E-state index contributed by atoms with van der Waals surface area (Å²) in [6.45, 7) is 2.40. The lowest BCUT2D eigenvalue weighted by atomic mass is 10.2. The second kappa shape index (κ2) is 9.25. The maximum atomic E-state index is 12.8. The first-order valence-corrected chi connectivity index (χ1v) is 10.4. The van der Waals surface area contributed by atoms with Crippen molar-refractivity contribution in [2.24, 2.45) is 4.99 Å². The average molecular weight is 462 g/mol. The van der Waals surface area contributed by atoms with Crippen molar-refractivity contribution in [3.05, 3.63) is 53.0 Å². The first kappa shape index (κ1) is 20.4. The topological polar surface area (TPSA) is 71.0 Å². The Morgan fingerprint density at radius 1 is 1.29 bits per heavy atom. The van der Waals surface area contributed by atoms with E-state index < -0.39 is 5.25 Å². The SMILES string of the molecule is CCN1C(=O)CC(C(=O)Nc2ccccc2OC)SC1=Nc1ccc(Br)cc1. The van der Waals surface area contributed by atoms with E-state index in [1.165, 1.54) is 11.8 Å². The molecule has 0 aromatic heterocycles. The fourth-order valence-corrected chi connectivity index (χ4v) is 4.17. The highest BCUT2D eigenvalue weighted by atomic mass is 79.9. The minimum absolute atomic E-state index is 0.114. The number of nitrogens with zero attached hydrogens (tertiary/aromatic N) is 2. The lowest BCUT2D eigenvalue weighted by Gasteiger charge is -2.31. The fraction of sp³-hybridized carbons (Fsp3) is 0.250. The van der Waals surface area contributed by atoms with Crippen LogP contribution >= 0.6 is 27.7 Å². The molecule has 2 aromatic carbocycles. The van der Waals surface area contributed by atoms with Crippen molar-refractivity contribution in [2.45, 2.75) is 18.6 Å². The molecule has 8 heteroatoms. The van der Waals surface area contributed by atoms with Crippen molar-refractivity contribution >= 4 is 56.0 Å². The zero-order chi connectivity index (χ0) is 20.1. The molecule has 0 bridgehead atoms. The van der Waals surface area contributed by atoms with Crippen LogP contribution in [0, 0.1) is 0 Å². The van der Waals surface area contributed by atoms with Crippen molar-refractivity contribution < 1.29 is 14.3 Å². The van der Waals surface area contributed by atoms with Gasteiger partial charge >= 0.3 is 0 Å². The van der Waals surface area contributed by atoms with Gasteiger partial charge in [-0.15, -0.1) is 0 Å². The van der Waals surface area contributed by atoms with E-state index in [9.17, 15) is 9.59 Å². The Labute approximate surface area is 176 Å². The molecule has 1 heterocycles. The Morgan fingerprint density at radius 2 is 2.00 bits per heavy atom. The number of nitrogens with one attached hydrogen (secondary N) is 1. The number of para-hydroxylation sites is 2. The third kappa shape index (κ3) is 4.74. The van der Waals surface area contributed by atoms with Gasteiger partial charge < -0.3 is 10.1 Å². The summed E-state index contributed by atoms with van der Waals surface area (Å²) >= 11 is 4.69. The molecule has 0 radical (unpaired) electrons. The monoisotopic (exact) mass is 461 g/mol. The molecular weight excluding hydrogens is 442 g/mol. The van der Waals surface area contributed by atoms with Crippen LogP contribution in [0.15, 0.2) is 58.0 Å². The molecule has 0 saturated carbocycles. The van der Waals surface area contributed by atoms with Crippen molar-refractivity contribution in [3.8, 4) is 5.75 Å². The minimum Gasteiger partial charge on any atom is -0.495 e. The summed E-state index contributed by atoms with van der Waals surface area (Å²) in [6, 6.07) is 14.7. The van der Waals surface area contributed by atoms with Gasteiger partial charge in [-0.1, -0.05) is 39.8 Å². The number of amides is 2. The molecule has 0 spiro atoms. The highest BCUT2D eigenvalue weighted by molar-refractivity contribution is 9.10. The Kier molecular flexibility index (Phi) is 6.74. The highest BCUT2D eigenvalue weighted by Gasteiger charge is 2.35. The van der Waals surface area contributed by atoms with Crippen LogP contribution in [0.3, 0.4) is 0 Å². The molecule has 3 rings (SSSR count). The second-order valence-corrected chi connectivity index (χ2v) is 8.09. The summed E-state index contributed by atoms with van der Waals surface area (Å²) in [6.07, 6.45) is 0.124. The number of aliphatic imine (C=N–C) groups is 1. The molecule has 0 aliphatic carbocycles. The van der Waals surface area contributed by atoms with Crippen molar-refractivity contribution in [1.29, 1.82) is 0 Å². The number of methoxy groups -OCH3 is 1. The van der Waals surface area contributed by atoms with Gasteiger partial charge in [0.05, 0.1) is 18.5 Å². The van der Waals surface area contributed by atoms with Gasteiger partial charge in [-0.25, -0.2) is 4.99 Å². The van der Waals surface area contributed by atoms with Crippen LogP contribution in [0.5, 0.6) is 5.75 Å². The van der Waals surface area contributed by atoms with Crippen molar-refractivity contribution in [2.75, 3.05) is 19.0 Å². The van der Waals surface area contributed by atoms with Crippen LogP contribution in [0.2, 0.25) is 0 Å². The zero-order valence-electron chi connectivity index (χ0n) is 15.5. The molecule has 28 heavy (non-hydrogen) atoms. The number of benzene rings is 2. The standard InChI is InChI=1S/C20H20BrN3O3S/c1-3-24-18(25)12-17(19(26)23-15-6-4-5-7-16(15)27-2)28-20(24)22-14-10-8-13(21)9-11-14/h4-11,17H,3,12H2,1-2H3,(H,23,26). The summed E-state index contributed by atoms with van der Waals surface area (Å²) in [4.78, 5) is 31.6. The van der Waals surface area contributed by atoms with Gasteiger partial charge in [0.2, 0.25) is 11.8 Å². The summed E-state index contributed by atoms with van der Waals surface area (Å²) in [5.74, 6) is 0.210. The lowest BCUT2D eigenvalue weighted by Crippen LogP contribution is -2.45. The number of hydrogen-bond donors (Lipinski definition) is 1. The van der Waals surface area contributed by atoms with Crippen LogP contribution in [0.4, 0.5) is 11.4 Å². The number of carbonyl (C=O) groups excluding carboxylic acids is 2. The van der Waals surface area contributed by atoms with Gasteiger partial charge in [-0.2, -0.15) is 0 Å². The number of ether oxygens (including phenoxy) is 1. The van der Waals surface area contributed by atoms with Gasteiger partial charge in [-0.05, 0) is 43.3 Å². The number of thioether (sulfide) groups is 1. The average Bonchev–Trinajstić information content (AvgIpc) is 2.70. The summed E-state index contributed by atoms with van der Waals surface area (Å²) in [5, 5.41) is 2.83. The molecule has 1 aliphatic heterocycles. The van der Waals surface area contributed by atoms with Gasteiger partial charge in [0.1, 0.15) is 11.0 Å². The molecule has 6 nitrogen and oxygen atoms in total. The first-order valence-electron chi connectivity index (χ1n) is 8.77. The molecule has 1 fully saturated rings. The normalized spacial score (nSPS) is 18.2. The Balaban J connectivity index is 1.81. The molecule has 1 unspecified atom stereocenters. The summed E-state index contributed by atoms with van der Waals surface area (Å²) in [7, 11) is 1.55. The number of carbonyl (C=O) groups is 2. The number of hydrogen-bond acceptors (Lipinski definition) is 5. The van der Waals surface area contributed by atoms with E-state index in [0.717, 1.165) is 10.2 Å². The summed E-state index contributed by atoms with van der Waals surface area (Å²) in [5.41, 5.74) is 1.30. The Hall–Kier alpha value is -2.32. The molecule has 2 aromatic rings. The quantitative estimate of drug-likeness (QED) is 0.714. The molecule has 1 atom stereocenters. The van der Waals surface area contributed by atoms with E-state index in [2.05, 4.69) is 26.2 Å². The van der Waals surface area contributed by atoms with Gasteiger partial charge in [0.15, 0.2) is 5.17 Å². The molecule has 1 saturated heterocycles. The third-order valence-corrected chi connectivity index (χ3v) is 5.88. The zero-order valence-corrected chi connectivity index (χ0v) is 17.9. The predicted molar refractivity (Wildman–Crippen MR) is 116 cm³/mol. The lowest BCUT2D eigenvalue weighted by molar-refractivity contribution is -0.129. The van der Waals surface area contributed by atoms with Gasteiger partial charge in [0, 0.05) is 17.4 Å².